The van der Waals surface area contributed by atoms with E-state index in [0.717, 1.165) is 4.90 Å². The molecule has 3 rings (SSSR count). The number of nitrogens with one attached hydrogen (secondary N) is 1. The summed E-state index contributed by atoms with van der Waals surface area (Å²) in [5.74, 6) is -1.27. The summed E-state index contributed by atoms with van der Waals surface area (Å²) in [6, 6.07) is 12.6. The highest BCUT2D eigenvalue weighted by atomic mass is 35.5. The highest BCUT2D eigenvalue weighted by Crippen LogP contribution is 2.24. The predicted molar refractivity (Wildman–Crippen MR) is 110 cm³/mol. The second-order valence-corrected chi connectivity index (χ2v) is 6.46. The van der Waals surface area contributed by atoms with Gasteiger partial charge in [-0.25, -0.2) is 0 Å². The van der Waals surface area contributed by atoms with Gasteiger partial charge in [-0.1, -0.05) is 35.9 Å². The van der Waals surface area contributed by atoms with Crippen molar-refractivity contribution < 1.29 is 14.5 Å². The number of anilines is 1. The number of para-hydroxylation sites is 1. The average molecular weight is 414 g/mol. The number of allylic oxidation sites excluding steroid dienone is 2. The van der Waals surface area contributed by atoms with Crippen LogP contribution < -0.4 is 10.2 Å². The Hall–Kier alpha value is -3.36. The quantitative estimate of drug-likeness (QED) is 0.271. The standard InChI is InChI=1S/C19H12ClN3O4S/c20-13-7-4-8-14(11-13)22-18(25)15(17(24)21-19(22)28)9-3-6-12-5-1-2-10-16(12)23(26)27/h1-11H,(H,21,24,28). The molecule has 0 saturated carbocycles. The molecular formula is C19H12ClN3O4S. The first-order valence-electron chi connectivity index (χ1n) is 7.95. The molecule has 0 aromatic heterocycles. The molecule has 0 unspecified atom stereocenters. The molecule has 1 fully saturated rings. The second kappa shape index (κ2) is 8.12. The van der Waals surface area contributed by atoms with Gasteiger partial charge in [0.15, 0.2) is 5.11 Å². The molecule has 140 valence electrons. The number of nitrogens with zero attached hydrogens (tertiary/aromatic N) is 2. The summed E-state index contributed by atoms with van der Waals surface area (Å²) >= 11 is 11.1. The van der Waals surface area contributed by atoms with Crippen molar-refractivity contribution in [1.82, 2.24) is 5.32 Å². The molecule has 1 aliphatic heterocycles. The number of benzene rings is 2. The molecule has 0 atom stereocenters. The van der Waals surface area contributed by atoms with Crippen molar-refractivity contribution in [3.05, 3.63) is 87.0 Å². The summed E-state index contributed by atoms with van der Waals surface area (Å²) in [7, 11) is 0. The van der Waals surface area contributed by atoms with Gasteiger partial charge in [-0.05, 0) is 48.6 Å². The molecular weight excluding hydrogens is 402 g/mol. The van der Waals surface area contributed by atoms with Crippen LogP contribution in [0, 0.1) is 10.1 Å². The molecule has 0 bridgehead atoms. The number of carbonyl (C=O) groups excluding carboxylic acids is 2. The van der Waals surface area contributed by atoms with Crippen molar-refractivity contribution in [2.75, 3.05) is 4.90 Å². The zero-order valence-corrected chi connectivity index (χ0v) is 15.7. The third kappa shape index (κ3) is 3.98. The number of nitro groups is 1. The third-order valence-electron chi connectivity index (χ3n) is 3.84. The third-order valence-corrected chi connectivity index (χ3v) is 4.36. The van der Waals surface area contributed by atoms with Gasteiger partial charge in [0.2, 0.25) is 0 Å². The minimum Gasteiger partial charge on any atom is -0.298 e. The van der Waals surface area contributed by atoms with Crippen LogP contribution in [-0.4, -0.2) is 21.9 Å². The van der Waals surface area contributed by atoms with Crippen LogP contribution in [0.25, 0.3) is 6.08 Å². The van der Waals surface area contributed by atoms with E-state index in [1.807, 2.05) is 0 Å². The number of nitro benzene ring substituents is 1. The fourth-order valence-electron chi connectivity index (χ4n) is 2.57. The fourth-order valence-corrected chi connectivity index (χ4v) is 3.04. The Morgan fingerprint density at radius 2 is 1.89 bits per heavy atom. The lowest BCUT2D eigenvalue weighted by atomic mass is 10.1. The van der Waals surface area contributed by atoms with E-state index in [2.05, 4.69) is 5.32 Å². The lowest BCUT2D eigenvalue weighted by Crippen LogP contribution is -2.54. The van der Waals surface area contributed by atoms with Crippen LogP contribution in [0.3, 0.4) is 0 Å². The van der Waals surface area contributed by atoms with Crippen molar-refractivity contribution in [1.29, 1.82) is 0 Å². The van der Waals surface area contributed by atoms with Crippen LogP contribution >= 0.6 is 23.8 Å². The number of thiocarbonyl (C=S) groups is 1. The van der Waals surface area contributed by atoms with Gasteiger partial charge in [0, 0.05) is 11.1 Å². The fraction of sp³-hybridized carbons (Fsp3) is 0. The molecule has 2 aromatic rings. The molecule has 2 amide bonds. The first kappa shape index (κ1) is 19.4. The Morgan fingerprint density at radius 1 is 1.14 bits per heavy atom. The highest BCUT2D eigenvalue weighted by molar-refractivity contribution is 7.80. The van der Waals surface area contributed by atoms with E-state index in [4.69, 9.17) is 23.8 Å². The van der Waals surface area contributed by atoms with Gasteiger partial charge in [0.1, 0.15) is 5.57 Å². The summed E-state index contributed by atoms with van der Waals surface area (Å²) in [6.45, 7) is 0. The van der Waals surface area contributed by atoms with Crippen molar-refractivity contribution in [3.63, 3.8) is 0 Å². The van der Waals surface area contributed by atoms with E-state index in [1.165, 1.54) is 24.3 Å². The number of amides is 2. The van der Waals surface area contributed by atoms with Crippen molar-refractivity contribution >= 4 is 58.2 Å². The number of hydrogen-bond acceptors (Lipinski definition) is 5. The molecule has 0 aliphatic carbocycles. The van der Waals surface area contributed by atoms with Gasteiger partial charge in [-0.2, -0.15) is 0 Å². The Morgan fingerprint density at radius 3 is 2.61 bits per heavy atom. The van der Waals surface area contributed by atoms with Crippen molar-refractivity contribution in [3.8, 4) is 0 Å². The lowest BCUT2D eigenvalue weighted by Gasteiger charge is -2.28. The number of carbonyl (C=O) groups is 2. The van der Waals surface area contributed by atoms with Gasteiger partial charge >= 0.3 is 0 Å². The maximum atomic E-state index is 12.8. The first-order chi connectivity index (χ1) is 13.4. The van der Waals surface area contributed by atoms with E-state index >= 15 is 0 Å². The summed E-state index contributed by atoms with van der Waals surface area (Å²) in [5, 5.41) is 13.9. The Balaban J connectivity index is 1.93. The average Bonchev–Trinajstić information content (AvgIpc) is 2.64. The lowest BCUT2D eigenvalue weighted by molar-refractivity contribution is -0.385. The SMILES string of the molecule is O=C1NC(=S)N(c2cccc(Cl)c2)C(=O)C1=CC=Cc1ccccc1[N+](=O)[O-]. The second-order valence-electron chi connectivity index (χ2n) is 5.64. The van der Waals surface area contributed by atoms with Crippen LogP contribution in [0.5, 0.6) is 0 Å². The minimum atomic E-state index is -0.652. The Kier molecular flexibility index (Phi) is 5.62. The smallest absolute Gasteiger partial charge is 0.276 e. The molecule has 28 heavy (non-hydrogen) atoms. The van der Waals surface area contributed by atoms with Crippen LogP contribution in [0.2, 0.25) is 5.02 Å². The summed E-state index contributed by atoms with van der Waals surface area (Å²) < 4.78 is 0. The predicted octanol–water partition coefficient (Wildman–Crippen LogP) is 3.64. The van der Waals surface area contributed by atoms with Gasteiger partial charge in [-0.15, -0.1) is 0 Å². The molecule has 1 heterocycles. The molecule has 0 spiro atoms. The van der Waals surface area contributed by atoms with E-state index in [-0.39, 0.29) is 16.4 Å². The van der Waals surface area contributed by atoms with Crippen LogP contribution in [0.1, 0.15) is 5.56 Å². The van der Waals surface area contributed by atoms with E-state index in [1.54, 1.807) is 42.5 Å². The molecule has 9 heteroatoms. The number of halogens is 1. The molecule has 1 N–H and O–H groups in total. The van der Waals surface area contributed by atoms with Crippen molar-refractivity contribution in [2.45, 2.75) is 0 Å². The maximum Gasteiger partial charge on any atom is 0.276 e. The summed E-state index contributed by atoms with van der Waals surface area (Å²) in [6.07, 6.45) is 4.13. The van der Waals surface area contributed by atoms with E-state index in [0.29, 0.717) is 16.3 Å². The molecule has 0 radical (unpaired) electrons. The minimum absolute atomic E-state index is 0.0582. The van der Waals surface area contributed by atoms with Crippen LogP contribution in [0.15, 0.2) is 66.3 Å². The molecule has 1 saturated heterocycles. The molecule has 1 aliphatic rings. The Bertz CT molecular complexity index is 1060. The maximum absolute atomic E-state index is 12.8. The normalized spacial score (nSPS) is 16.0. The van der Waals surface area contributed by atoms with Crippen LogP contribution in [0.4, 0.5) is 11.4 Å². The highest BCUT2D eigenvalue weighted by Gasteiger charge is 2.34. The topological polar surface area (TPSA) is 92.6 Å². The number of hydrogen-bond donors (Lipinski definition) is 1. The molecule has 7 nitrogen and oxygen atoms in total. The monoisotopic (exact) mass is 413 g/mol. The first-order valence-corrected chi connectivity index (χ1v) is 8.74. The van der Waals surface area contributed by atoms with Gasteiger partial charge in [0.05, 0.1) is 16.2 Å². The summed E-state index contributed by atoms with van der Waals surface area (Å²) in [4.78, 5) is 36.7. The Labute approximate surface area is 170 Å². The van der Waals surface area contributed by atoms with Gasteiger partial charge in [-0.3, -0.25) is 29.9 Å². The number of rotatable bonds is 4. The largest absolute Gasteiger partial charge is 0.298 e. The van der Waals surface area contributed by atoms with Crippen LogP contribution in [-0.2, 0) is 9.59 Å². The zero-order valence-electron chi connectivity index (χ0n) is 14.2. The van der Waals surface area contributed by atoms with E-state index in [9.17, 15) is 19.7 Å². The van der Waals surface area contributed by atoms with Gasteiger partial charge in [0.25, 0.3) is 17.5 Å². The van der Waals surface area contributed by atoms with E-state index < -0.39 is 16.7 Å². The molecule has 2 aromatic carbocycles. The van der Waals surface area contributed by atoms with Crippen molar-refractivity contribution in [2.24, 2.45) is 0 Å². The summed E-state index contributed by atoms with van der Waals surface area (Å²) in [5.41, 5.74) is 0.507. The van der Waals surface area contributed by atoms with Gasteiger partial charge < -0.3 is 0 Å². The zero-order chi connectivity index (χ0) is 20.3.